The van der Waals surface area contributed by atoms with E-state index in [1.807, 2.05) is 6.92 Å². The molecule has 0 aliphatic heterocycles. The molecule has 1 atom stereocenters. The largest absolute Gasteiger partial charge is 0.481 e. The normalized spacial score (nSPS) is 21.6. The topological polar surface area (TPSA) is 66.8 Å². The highest BCUT2D eigenvalue weighted by atomic mass is 16.5. The van der Waals surface area contributed by atoms with Crippen LogP contribution in [0.2, 0.25) is 0 Å². The second-order valence-corrected chi connectivity index (χ2v) is 4.66. The molecule has 0 spiro atoms. The van der Waals surface area contributed by atoms with Gasteiger partial charge in [-0.1, -0.05) is 19.3 Å². The van der Waals surface area contributed by atoms with Gasteiger partial charge in [-0.25, -0.2) is 0 Å². The number of hydrogen-bond acceptors (Lipinski definition) is 3. The van der Waals surface area contributed by atoms with E-state index >= 15 is 0 Å². The zero-order valence-corrected chi connectivity index (χ0v) is 9.95. The van der Waals surface area contributed by atoms with Crippen molar-refractivity contribution in [3.63, 3.8) is 0 Å². The van der Waals surface area contributed by atoms with Gasteiger partial charge < -0.3 is 14.9 Å². The van der Waals surface area contributed by atoms with Crippen LogP contribution in [0.15, 0.2) is 0 Å². The lowest BCUT2D eigenvalue weighted by atomic mass is 9.71. The summed E-state index contributed by atoms with van der Waals surface area (Å²) in [6.07, 6.45) is 4.05. The molecular formula is C12H22O4. The van der Waals surface area contributed by atoms with Crippen LogP contribution in [0, 0.1) is 5.41 Å². The lowest BCUT2D eigenvalue weighted by Crippen LogP contribution is -2.38. The molecular weight excluding hydrogens is 208 g/mol. The number of rotatable bonds is 6. The molecule has 1 fully saturated rings. The number of aliphatic hydroxyl groups is 1. The zero-order valence-electron chi connectivity index (χ0n) is 9.95. The lowest BCUT2D eigenvalue weighted by molar-refractivity contribution is -0.154. The third-order valence-electron chi connectivity index (χ3n) is 3.41. The van der Waals surface area contributed by atoms with E-state index < -0.39 is 17.5 Å². The number of carbonyl (C=O) groups is 1. The molecule has 4 heteroatoms. The molecule has 94 valence electrons. The van der Waals surface area contributed by atoms with Gasteiger partial charge in [0.05, 0.1) is 18.1 Å². The van der Waals surface area contributed by atoms with Crippen LogP contribution in [0.25, 0.3) is 0 Å². The fraction of sp³-hybridized carbons (Fsp3) is 0.917. The van der Waals surface area contributed by atoms with Crippen molar-refractivity contribution in [3.8, 4) is 0 Å². The monoisotopic (exact) mass is 230 g/mol. The average molecular weight is 230 g/mol. The smallest absolute Gasteiger partial charge is 0.309 e. The molecule has 1 aliphatic rings. The van der Waals surface area contributed by atoms with Gasteiger partial charge in [0.1, 0.15) is 0 Å². The molecule has 1 aliphatic carbocycles. The first-order chi connectivity index (χ1) is 7.60. The Morgan fingerprint density at radius 1 is 1.38 bits per heavy atom. The number of hydrogen-bond donors (Lipinski definition) is 2. The molecule has 1 rings (SSSR count). The Balaban J connectivity index is 2.53. The molecule has 0 radical (unpaired) electrons. The molecule has 1 saturated carbocycles. The number of carboxylic acid groups (broad SMARTS) is 1. The molecule has 0 aromatic rings. The van der Waals surface area contributed by atoms with E-state index in [1.165, 1.54) is 0 Å². The number of aliphatic hydroxyl groups excluding tert-OH is 1. The summed E-state index contributed by atoms with van der Waals surface area (Å²) in [5, 5.41) is 19.1. The van der Waals surface area contributed by atoms with Crippen molar-refractivity contribution in [2.45, 2.75) is 51.6 Å². The highest BCUT2D eigenvalue weighted by Gasteiger charge is 2.40. The van der Waals surface area contributed by atoms with Gasteiger partial charge in [-0.2, -0.15) is 0 Å². The van der Waals surface area contributed by atoms with E-state index in [4.69, 9.17) is 4.74 Å². The third-order valence-corrected chi connectivity index (χ3v) is 3.41. The first-order valence-corrected chi connectivity index (χ1v) is 6.10. The second-order valence-electron chi connectivity index (χ2n) is 4.66. The Kier molecular flexibility index (Phi) is 5.22. The fourth-order valence-corrected chi connectivity index (χ4v) is 2.50. The van der Waals surface area contributed by atoms with Crippen LogP contribution in [0.1, 0.15) is 45.4 Å². The molecule has 0 bridgehead atoms. The van der Waals surface area contributed by atoms with E-state index in [2.05, 4.69) is 0 Å². The SMILES string of the molecule is CCOCC(O)CC1(C(=O)O)CCCCC1. The maximum atomic E-state index is 11.3. The van der Waals surface area contributed by atoms with Crippen LogP contribution in [0.3, 0.4) is 0 Å². The molecule has 4 nitrogen and oxygen atoms in total. The van der Waals surface area contributed by atoms with Gasteiger partial charge in [-0.3, -0.25) is 4.79 Å². The zero-order chi connectivity index (χ0) is 12.0. The van der Waals surface area contributed by atoms with Gasteiger partial charge in [0.25, 0.3) is 0 Å². The van der Waals surface area contributed by atoms with Crippen molar-refractivity contribution in [2.24, 2.45) is 5.41 Å². The number of aliphatic carboxylic acids is 1. The minimum Gasteiger partial charge on any atom is -0.481 e. The third kappa shape index (κ3) is 3.46. The Morgan fingerprint density at radius 3 is 2.50 bits per heavy atom. The van der Waals surface area contributed by atoms with Crippen molar-refractivity contribution >= 4 is 5.97 Å². The van der Waals surface area contributed by atoms with Crippen molar-refractivity contribution in [1.82, 2.24) is 0 Å². The van der Waals surface area contributed by atoms with Crippen molar-refractivity contribution in [3.05, 3.63) is 0 Å². The van der Waals surface area contributed by atoms with Crippen LogP contribution in [-0.2, 0) is 9.53 Å². The van der Waals surface area contributed by atoms with E-state index in [-0.39, 0.29) is 6.61 Å². The summed E-state index contributed by atoms with van der Waals surface area (Å²) in [6, 6.07) is 0. The summed E-state index contributed by atoms with van der Waals surface area (Å²) in [4.78, 5) is 11.3. The van der Waals surface area contributed by atoms with Gasteiger partial charge >= 0.3 is 5.97 Å². The Bertz CT molecular complexity index is 221. The summed E-state index contributed by atoms with van der Waals surface area (Å²) in [5.41, 5.74) is -0.714. The van der Waals surface area contributed by atoms with Crippen LogP contribution < -0.4 is 0 Å². The maximum Gasteiger partial charge on any atom is 0.309 e. The standard InChI is InChI=1S/C12H22O4/c1-2-16-9-10(13)8-12(11(14)15)6-4-3-5-7-12/h10,13H,2-9H2,1H3,(H,14,15). The van der Waals surface area contributed by atoms with Crippen molar-refractivity contribution in [1.29, 1.82) is 0 Å². The molecule has 0 aromatic carbocycles. The number of ether oxygens (including phenoxy) is 1. The minimum absolute atomic E-state index is 0.242. The summed E-state index contributed by atoms with van der Waals surface area (Å²) >= 11 is 0. The second kappa shape index (κ2) is 6.21. The van der Waals surface area contributed by atoms with Crippen molar-refractivity contribution < 1.29 is 19.7 Å². The number of carboxylic acids is 1. The fourth-order valence-electron chi connectivity index (χ4n) is 2.50. The van der Waals surface area contributed by atoms with Crippen LogP contribution >= 0.6 is 0 Å². The van der Waals surface area contributed by atoms with Crippen molar-refractivity contribution in [2.75, 3.05) is 13.2 Å². The summed E-state index contributed by atoms with van der Waals surface area (Å²) < 4.78 is 5.12. The summed E-state index contributed by atoms with van der Waals surface area (Å²) in [7, 11) is 0. The Morgan fingerprint density at radius 2 is 2.00 bits per heavy atom. The predicted octanol–water partition coefficient (Wildman–Crippen LogP) is 1.81. The molecule has 0 saturated heterocycles. The highest BCUT2D eigenvalue weighted by Crippen LogP contribution is 2.40. The quantitative estimate of drug-likeness (QED) is 0.730. The Hall–Kier alpha value is -0.610. The Labute approximate surface area is 96.6 Å². The van der Waals surface area contributed by atoms with Gasteiger partial charge in [0.15, 0.2) is 0 Å². The lowest BCUT2D eigenvalue weighted by Gasteiger charge is -2.34. The highest BCUT2D eigenvalue weighted by molar-refractivity contribution is 5.74. The van der Waals surface area contributed by atoms with Gasteiger partial charge in [-0.15, -0.1) is 0 Å². The van der Waals surface area contributed by atoms with Crippen LogP contribution in [-0.4, -0.2) is 35.5 Å². The van der Waals surface area contributed by atoms with E-state index in [0.717, 1.165) is 19.3 Å². The van der Waals surface area contributed by atoms with Gasteiger partial charge in [0, 0.05) is 6.61 Å². The van der Waals surface area contributed by atoms with E-state index in [0.29, 0.717) is 25.9 Å². The molecule has 1 unspecified atom stereocenters. The summed E-state index contributed by atoms with van der Waals surface area (Å²) in [5.74, 6) is -0.761. The van der Waals surface area contributed by atoms with Crippen LogP contribution in [0.4, 0.5) is 0 Å². The van der Waals surface area contributed by atoms with Crippen LogP contribution in [0.5, 0.6) is 0 Å². The molecule has 0 heterocycles. The maximum absolute atomic E-state index is 11.3. The average Bonchev–Trinajstić information content (AvgIpc) is 2.27. The van der Waals surface area contributed by atoms with E-state index in [1.54, 1.807) is 0 Å². The van der Waals surface area contributed by atoms with Gasteiger partial charge in [0.2, 0.25) is 0 Å². The molecule has 16 heavy (non-hydrogen) atoms. The van der Waals surface area contributed by atoms with E-state index in [9.17, 15) is 15.0 Å². The minimum atomic E-state index is -0.761. The van der Waals surface area contributed by atoms with Gasteiger partial charge in [-0.05, 0) is 26.2 Å². The summed E-state index contributed by atoms with van der Waals surface area (Å²) in [6.45, 7) is 2.66. The first-order valence-electron chi connectivity index (χ1n) is 6.10. The molecule has 0 amide bonds. The molecule has 2 N–H and O–H groups in total. The first kappa shape index (κ1) is 13.5. The molecule has 0 aromatic heterocycles. The predicted molar refractivity (Wildman–Crippen MR) is 60.3 cm³/mol.